The Morgan fingerprint density at radius 3 is 3.08 bits per heavy atom. The molecule has 1 fully saturated rings. The van der Waals surface area contributed by atoms with Crippen LogP contribution in [-0.2, 0) is 13.0 Å². The Hall–Kier alpha value is -1.79. The summed E-state index contributed by atoms with van der Waals surface area (Å²) in [4.78, 5) is 8.36. The molecule has 0 bridgehead atoms. The largest absolute Gasteiger partial charge is 0.469 e. The SMILES string of the molecule is CN=C(NCCc1ccco1)NCC1CCCN(Cc2cccs2)C1. The number of piperidine rings is 1. The van der Waals surface area contributed by atoms with Crippen molar-refractivity contribution in [1.82, 2.24) is 15.5 Å². The van der Waals surface area contributed by atoms with E-state index >= 15 is 0 Å². The second-order valence-electron chi connectivity index (χ2n) is 6.53. The second kappa shape index (κ2) is 9.63. The summed E-state index contributed by atoms with van der Waals surface area (Å²) in [5, 5.41) is 9.01. The Balaban J connectivity index is 1.37. The van der Waals surface area contributed by atoms with E-state index in [0.29, 0.717) is 5.92 Å². The first-order valence-corrected chi connectivity index (χ1v) is 9.93. The van der Waals surface area contributed by atoms with Gasteiger partial charge >= 0.3 is 0 Å². The Morgan fingerprint density at radius 1 is 1.36 bits per heavy atom. The lowest BCUT2D eigenvalue weighted by atomic mass is 9.98. The second-order valence-corrected chi connectivity index (χ2v) is 7.56. The lowest BCUT2D eigenvalue weighted by Gasteiger charge is -2.32. The number of guanidine groups is 1. The molecule has 5 nitrogen and oxygen atoms in total. The van der Waals surface area contributed by atoms with Crippen LogP contribution in [0, 0.1) is 5.92 Å². The molecule has 1 aliphatic heterocycles. The molecule has 1 unspecified atom stereocenters. The van der Waals surface area contributed by atoms with Gasteiger partial charge in [0.15, 0.2) is 5.96 Å². The minimum atomic E-state index is 0.678. The van der Waals surface area contributed by atoms with E-state index in [0.717, 1.165) is 44.3 Å². The van der Waals surface area contributed by atoms with Crippen LogP contribution in [0.25, 0.3) is 0 Å². The van der Waals surface area contributed by atoms with Crippen molar-refractivity contribution in [3.05, 3.63) is 46.5 Å². The number of hydrogen-bond acceptors (Lipinski definition) is 4. The highest BCUT2D eigenvalue weighted by Crippen LogP contribution is 2.19. The Labute approximate surface area is 154 Å². The summed E-state index contributed by atoms with van der Waals surface area (Å²) in [5.41, 5.74) is 0. The van der Waals surface area contributed by atoms with Crippen molar-refractivity contribution >= 4 is 17.3 Å². The van der Waals surface area contributed by atoms with Gasteiger partial charge in [0.05, 0.1) is 6.26 Å². The van der Waals surface area contributed by atoms with Crippen LogP contribution in [0.2, 0.25) is 0 Å². The third-order valence-electron chi connectivity index (χ3n) is 4.59. The van der Waals surface area contributed by atoms with Gasteiger partial charge in [-0.2, -0.15) is 0 Å². The standard InChI is InChI=1S/C19H28N4OS/c1-20-19(21-9-8-17-6-3-11-24-17)22-13-16-5-2-10-23(14-16)15-18-7-4-12-25-18/h3-4,6-7,11-12,16H,2,5,8-10,13-15H2,1H3,(H2,20,21,22). The third-order valence-corrected chi connectivity index (χ3v) is 5.45. The van der Waals surface area contributed by atoms with Crippen molar-refractivity contribution in [1.29, 1.82) is 0 Å². The minimum Gasteiger partial charge on any atom is -0.469 e. The maximum atomic E-state index is 5.35. The van der Waals surface area contributed by atoms with Crippen molar-refractivity contribution in [3.8, 4) is 0 Å². The predicted molar refractivity (Wildman–Crippen MR) is 104 cm³/mol. The molecule has 1 atom stereocenters. The minimum absolute atomic E-state index is 0.678. The fourth-order valence-corrected chi connectivity index (χ4v) is 4.05. The number of rotatable bonds is 7. The molecule has 0 aromatic carbocycles. The maximum Gasteiger partial charge on any atom is 0.191 e. The first-order valence-electron chi connectivity index (χ1n) is 9.05. The summed E-state index contributed by atoms with van der Waals surface area (Å²) in [6, 6.07) is 8.30. The number of hydrogen-bond donors (Lipinski definition) is 2. The van der Waals surface area contributed by atoms with E-state index in [2.05, 4.69) is 38.0 Å². The van der Waals surface area contributed by atoms with Gasteiger partial charge in [0, 0.05) is 44.5 Å². The molecule has 0 amide bonds. The first kappa shape index (κ1) is 18.0. The fraction of sp³-hybridized carbons (Fsp3) is 0.526. The number of thiophene rings is 1. The van der Waals surface area contributed by atoms with Gasteiger partial charge in [0.25, 0.3) is 0 Å². The molecule has 3 rings (SSSR count). The van der Waals surface area contributed by atoms with Crippen LogP contribution in [0.1, 0.15) is 23.5 Å². The third kappa shape index (κ3) is 5.90. The molecule has 25 heavy (non-hydrogen) atoms. The van der Waals surface area contributed by atoms with Gasteiger partial charge in [0.2, 0.25) is 0 Å². The number of nitrogens with zero attached hydrogens (tertiary/aromatic N) is 2. The van der Waals surface area contributed by atoms with Crippen molar-refractivity contribution in [3.63, 3.8) is 0 Å². The molecule has 2 N–H and O–H groups in total. The number of furan rings is 1. The van der Waals surface area contributed by atoms with E-state index < -0.39 is 0 Å². The zero-order valence-corrected chi connectivity index (χ0v) is 15.7. The summed E-state index contributed by atoms with van der Waals surface area (Å²) in [5.74, 6) is 2.55. The number of likely N-dealkylation sites (tertiary alicyclic amines) is 1. The molecular weight excluding hydrogens is 332 g/mol. The van der Waals surface area contributed by atoms with Crippen LogP contribution in [0.3, 0.4) is 0 Å². The van der Waals surface area contributed by atoms with Crippen molar-refractivity contribution in [2.75, 3.05) is 33.2 Å². The van der Waals surface area contributed by atoms with Gasteiger partial charge in [-0.1, -0.05) is 6.07 Å². The smallest absolute Gasteiger partial charge is 0.191 e. The molecular formula is C19H28N4OS. The van der Waals surface area contributed by atoms with Gasteiger partial charge in [-0.15, -0.1) is 11.3 Å². The highest BCUT2D eigenvalue weighted by Gasteiger charge is 2.20. The van der Waals surface area contributed by atoms with Crippen molar-refractivity contribution in [2.24, 2.45) is 10.9 Å². The Morgan fingerprint density at radius 2 is 2.32 bits per heavy atom. The summed E-state index contributed by atoms with van der Waals surface area (Å²) >= 11 is 1.85. The lowest BCUT2D eigenvalue weighted by Crippen LogP contribution is -2.44. The Bertz CT molecular complexity index is 624. The van der Waals surface area contributed by atoms with E-state index in [1.165, 1.54) is 24.3 Å². The van der Waals surface area contributed by atoms with Gasteiger partial charge in [0.1, 0.15) is 5.76 Å². The van der Waals surface area contributed by atoms with E-state index in [1.54, 1.807) is 6.26 Å². The summed E-state index contributed by atoms with van der Waals surface area (Å²) < 4.78 is 5.35. The zero-order valence-electron chi connectivity index (χ0n) is 14.9. The highest BCUT2D eigenvalue weighted by atomic mass is 32.1. The quantitative estimate of drug-likeness (QED) is 0.589. The Kier molecular flexibility index (Phi) is 6.94. The van der Waals surface area contributed by atoms with Gasteiger partial charge in [-0.3, -0.25) is 9.89 Å². The molecule has 1 saturated heterocycles. The van der Waals surface area contributed by atoms with Crippen LogP contribution < -0.4 is 10.6 Å². The zero-order chi connectivity index (χ0) is 17.3. The predicted octanol–water partition coefficient (Wildman–Crippen LogP) is 2.96. The molecule has 3 heterocycles. The average molecular weight is 361 g/mol. The van der Waals surface area contributed by atoms with Crippen LogP contribution in [-0.4, -0.2) is 44.1 Å². The topological polar surface area (TPSA) is 52.8 Å². The van der Waals surface area contributed by atoms with Crippen LogP contribution >= 0.6 is 11.3 Å². The van der Waals surface area contributed by atoms with E-state index in [1.807, 2.05) is 30.5 Å². The first-order chi connectivity index (χ1) is 12.3. The molecule has 6 heteroatoms. The molecule has 2 aromatic rings. The monoisotopic (exact) mass is 360 g/mol. The lowest BCUT2D eigenvalue weighted by molar-refractivity contribution is 0.169. The number of nitrogens with one attached hydrogen (secondary N) is 2. The molecule has 2 aromatic heterocycles. The molecule has 0 spiro atoms. The molecule has 0 aliphatic carbocycles. The summed E-state index contributed by atoms with van der Waals surface area (Å²) in [7, 11) is 1.83. The van der Waals surface area contributed by atoms with E-state index in [4.69, 9.17) is 4.42 Å². The average Bonchev–Trinajstić information content (AvgIpc) is 3.32. The number of aliphatic imine (C=N–C) groups is 1. The molecule has 1 aliphatic rings. The van der Waals surface area contributed by atoms with Gasteiger partial charge < -0.3 is 15.1 Å². The van der Waals surface area contributed by atoms with Crippen molar-refractivity contribution < 1.29 is 4.42 Å². The van der Waals surface area contributed by atoms with Gasteiger partial charge in [-0.25, -0.2) is 0 Å². The summed E-state index contributed by atoms with van der Waals surface area (Å²) in [6.45, 7) is 5.26. The normalized spacial score (nSPS) is 19.1. The van der Waals surface area contributed by atoms with Crippen LogP contribution in [0.15, 0.2) is 45.3 Å². The van der Waals surface area contributed by atoms with Crippen LogP contribution in [0.4, 0.5) is 0 Å². The van der Waals surface area contributed by atoms with Crippen molar-refractivity contribution in [2.45, 2.75) is 25.8 Å². The van der Waals surface area contributed by atoms with Crippen LogP contribution in [0.5, 0.6) is 0 Å². The highest BCUT2D eigenvalue weighted by molar-refractivity contribution is 7.09. The fourth-order valence-electron chi connectivity index (χ4n) is 3.31. The summed E-state index contributed by atoms with van der Waals surface area (Å²) in [6.07, 6.45) is 5.15. The van der Waals surface area contributed by atoms with E-state index in [9.17, 15) is 0 Å². The molecule has 0 saturated carbocycles. The van der Waals surface area contributed by atoms with Gasteiger partial charge in [-0.05, 0) is 48.9 Å². The molecule has 0 radical (unpaired) electrons. The maximum absolute atomic E-state index is 5.35. The molecule has 136 valence electrons. The van der Waals surface area contributed by atoms with E-state index in [-0.39, 0.29) is 0 Å².